The Balaban J connectivity index is 1.41. The first-order chi connectivity index (χ1) is 17.9. The molecule has 37 heavy (non-hydrogen) atoms. The van der Waals surface area contributed by atoms with E-state index in [1.165, 1.54) is 11.1 Å². The maximum Gasteiger partial charge on any atom is 0.229 e. The number of ether oxygens (including phenoxy) is 1. The molecule has 0 spiro atoms. The van der Waals surface area contributed by atoms with Crippen molar-refractivity contribution in [1.82, 2.24) is 24.5 Å². The summed E-state index contributed by atoms with van der Waals surface area (Å²) in [6.45, 7) is 11.0. The summed E-state index contributed by atoms with van der Waals surface area (Å²) < 4.78 is 7.91. The highest BCUT2D eigenvalue weighted by Gasteiger charge is 2.24. The van der Waals surface area contributed by atoms with Gasteiger partial charge in [-0.25, -0.2) is 4.98 Å². The molecule has 0 unspecified atom stereocenters. The Morgan fingerprint density at radius 1 is 1.11 bits per heavy atom. The van der Waals surface area contributed by atoms with E-state index < -0.39 is 0 Å². The largest absolute Gasteiger partial charge is 0.494 e. The summed E-state index contributed by atoms with van der Waals surface area (Å²) in [7, 11) is 1.98. The van der Waals surface area contributed by atoms with Crippen LogP contribution < -0.4 is 15.0 Å². The molecule has 0 saturated carbocycles. The van der Waals surface area contributed by atoms with E-state index in [2.05, 4.69) is 65.2 Å². The highest BCUT2D eigenvalue weighted by atomic mass is 16.5. The molecule has 3 aromatic heterocycles. The molecule has 0 bridgehead atoms. The van der Waals surface area contributed by atoms with Crippen LogP contribution in [-0.2, 0) is 13.5 Å². The third-order valence-electron chi connectivity index (χ3n) is 7.26. The second-order valence-corrected chi connectivity index (χ2v) is 10.3. The van der Waals surface area contributed by atoms with Crippen molar-refractivity contribution in [1.29, 1.82) is 0 Å². The number of pyridine rings is 1. The lowest BCUT2D eigenvalue weighted by Gasteiger charge is -2.32. The van der Waals surface area contributed by atoms with E-state index >= 15 is 0 Å². The predicted molar refractivity (Wildman–Crippen MR) is 149 cm³/mol. The van der Waals surface area contributed by atoms with Crippen molar-refractivity contribution in [2.75, 3.05) is 29.9 Å². The summed E-state index contributed by atoms with van der Waals surface area (Å²) in [5, 5.41) is 3.63. The third-order valence-corrected chi connectivity index (χ3v) is 7.26. The first kappa shape index (κ1) is 25.0. The van der Waals surface area contributed by atoms with Gasteiger partial charge in [-0.15, -0.1) is 0 Å². The van der Waals surface area contributed by atoms with Gasteiger partial charge in [-0.2, -0.15) is 9.97 Å². The Bertz CT molecular complexity index is 1360. The molecule has 4 aromatic rings. The predicted octanol–water partition coefficient (Wildman–Crippen LogP) is 5.79. The topological polar surface area (TPSA) is 81.0 Å². The summed E-state index contributed by atoms with van der Waals surface area (Å²) in [6.07, 6.45) is 8.89. The van der Waals surface area contributed by atoms with E-state index in [0.29, 0.717) is 24.1 Å². The van der Waals surface area contributed by atoms with Gasteiger partial charge in [-0.3, -0.25) is 4.98 Å². The number of imidazole rings is 1. The molecule has 194 valence electrons. The highest BCUT2D eigenvalue weighted by Crippen LogP contribution is 2.35. The maximum absolute atomic E-state index is 5.93. The Morgan fingerprint density at radius 2 is 1.86 bits per heavy atom. The van der Waals surface area contributed by atoms with Crippen molar-refractivity contribution in [2.45, 2.75) is 52.9 Å². The number of nitrogens with zero attached hydrogens (tertiary/aromatic N) is 6. The molecule has 1 fully saturated rings. The average molecular weight is 500 g/mol. The SMILES string of the molecule is CCOc1cc(C)c(Nc2nc(N3CCC(Cc4ccncc4)CC3)nc3ncn(C)c23)cc1C(C)C. The number of anilines is 3. The van der Waals surface area contributed by atoms with Gasteiger partial charge in [0.25, 0.3) is 0 Å². The number of aryl methyl sites for hydroxylation is 2. The smallest absolute Gasteiger partial charge is 0.229 e. The Labute approximate surface area is 219 Å². The van der Waals surface area contributed by atoms with E-state index in [1.807, 2.05) is 30.9 Å². The molecule has 0 aliphatic carbocycles. The van der Waals surface area contributed by atoms with Crippen LogP contribution in [0.1, 0.15) is 56.2 Å². The van der Waals surface area contributed by atoms with E-state index in [9.17, 15) is 0 Å². The van der Waals surface area contributed by atoms with E-state index in [1.54, 1.807) is 6.33 Å². The van der Waals surface area contributed by atoms with Gasteiger partial charge in [0.2, 0.25) is 5.95 Å². The summed E-state index contributed by atoms with van der Waals surface area (Å²) in [5.41, 5.74) is 6.28. The lowest BCUT2D eigenvalue weighted by molar-refractivity contribution is 0.335. The van der Waals surface area contributed by atoms with E-state index in [4.69, 9.17) is 14.7 Å². The van der Waals surface area contributed by atoms with Crippen LogP contribution in [0, 0.1) is 12.8 Å². The lowest BCUT2D eigenvalue weighted by Crippen LogP contribution is -2.35. The minimum Gasteiger partial charge on any atom is -0.494 e. The number of benzene rings is 1. The Morgan fingerprint density at radius 3 is 2.57 bits per heavy atom. The minimum absolute atomic E-state index is 0.342. The van der Waals surface area contributed by atoms with Crippen LogP contribution in [0.5, 0.6) is 5.75 Å². The summed E-state index contributed by atoms with van der Waals surface area (Å²) in [6, 6.07) is 8.56. The first-order valence-corrected chi connectivity index (χ1v) is 13.3. The molecule has 5 rings (SSSR count). The van der Waals surface area contributed by atoms with E-state index in [-0.39, 0.29) is 0 Å². The molecule has 0 amide bonds. The van der Waals surface area contributed by atoms with Gasteiger partial charge < -0.3 is 19.5 Å². The number of piperidine rings is 1. The van der Waals surface area contributed by atoms with Crippen molar-refractivity contribution >= 4 is 28.6 Å². The fourth-order valence-electron chi connectivity index (χ4n) is 5.16. The van der Waals surface area contributed by atoms with Crippen LogP contribution in [0.25, 0.3) is 11.2 Å². The molecule has 8 heteroatoms. The normalized spacial score (nSPS) is 14.5. The third kappa shape index (κ3) is 5.38. The number of hydrogen-bond acceptors (Lipinski definition) is 7. The molecule has 4 heterocycles. The minimum atomic E-state index is 0.342. The molecule has 1 aliphatic rings. The van der Waals surface area contributed by atoms with Crippen molar-refractivity contribution in [2.24, 2.45) is 13.0 Å². The Kier molecular flexibility index (Phi) is 7.26. The number of aromatic nitrogens is 5. The Hall–Kier alpha value is -3.68. The van der Waals surface area contributed by atoms with Gasteiger partial charge in [0.1, 0.15) is 11.3 Å². The summed E-state index contributed by atoms with van der Waals surface area (Å²) >= 11 is 0. The highest BCUT2D eigenvalue weighted by molar-refractivity contribution is 5.87. The number of hydrogen-bond donors (Lipinski definition) is 1. The number of rotatable bonds is 8. The quantitative estimate of drug-likeness (QED) is 0.328. The molecule has 8 nitrogen and oxygen atoms in total. The summed E-state index contributed by atoms with van der Waals surface area (Å²) in [4.78, 5) is 20.9. The van der Waals surface area contributed by atoms with Crippen molar-refractivity contribution in [3.8, 4) is 5.75 Å². The molecular weight excluding hydrogens is 462 g/mol. The fourth-order valence-corrected chi connectivity index (χ4v) is 5.16. The van der Waals surface area contributed by atoms with Crippen LogP contribution >= 0.6 is 0 Å². The van der Waals surface area contributed by atoms with Gasteiger partial charge in [-0.1, -0.05) is 13.8 Å². The second kappa shape index (κ2) is 10.7. The fraction of sp³-hybridized carbons (Fsp3) is 0.448. The molecule has 1 aromatic carbocycles. The van der Waals surface area contributed by atoms with Gasteiger partial charge in [-0.05, 0) is 85.9 Å². The van der Waals surface area contributed by atoms with Crippen LogP contribution in [-0.4, -0.2) is 44.2 Å². The van der Waals surface area contributed by atoms with Crippen molar-refractivity contribution in [3.63, 3.8) is 0 Å². The second-order valence-electron chi connectivity index (χ2n) is 10.3. The maximum atomic E-state index is 5.93. The zero-order valence-corrected chi connectivity index (χ0v) is 22.5. The molecule has 1 saturated heterocycles. The monoisotopic (exact) mass is 499 g/mol. The number of fused-ring (bicyclic) bond motifs is 1. The van der Waals surface area contributed by atoms with Crippen LogP contribution in [0.3, 0.4) is 0 Å². The lowest BCUT2D eigenvalue weighted by atomic mass is 9.90. The molecule has 1 N–H and O–H groups in total. The zero-order chi connectivity index (χ0) is 25.9. The van der Waals surface area contributed by atoms with Crippen LogP contribution in [0.4, 0.5) is 17.5 Å². The van der Waals surface area contributed by atoms with Crippen molar-refractivity contribution in [3.05, 3.63) is 59.7 Å². The average Bonchev–Trinajstić information content (AvgIpc) is 3.27. The van der Waals surface area contributed by atoms with Crippen LogP contribution in [0.15, 0.2) is 43.0 Å². The summed E-state index contributed by atoms with van der Waals surface area (Å²) in [5.74, 6) is 3.47. The number of nitrogens with one attached hydrogen (secondary N) is 1. The molecular formula is C29H37N7O. The van der Waals surface area contributed by atoms with Gasteiger partial charge in [0, 0.05) is 38.2 Å². The molecule has 1 aliphatic heterocycles. The van der Waals surface area contributed by atoms with Gasteiger partial charge in [0.15, 0.2) is 11.5 Å². The van der Waals surface area contributed by atoms with Crippen LogP contribution in [0.2, 0.25) is 0 Å². The molecule has 0 radical (unpaired) electrons. The van der Waals surface area contributed by atoms with Crippen molar-refractivity contribution < 1.29 is 4.74 Å². The zero-order valence-electron chi connectivity index (χ0n) is 22.5. The van der Waals surface area contributed by atoms with E-state index in [0.717, 1.165) is 66.6 Å². The standard InChI is InChI=1S/C29H37N7O/c1-6-37-25-15-20(4)24(17-23(25)19(2)3)32-28-26-27(31-18-35(26)5)33-29(34-28)36-13-9-22(10-14-36)16-21-7-11-30-12-8-21/h7-8,11-12,15,17-19,22H,6,9-10,13-14,16H2,1-5H3,(H,32,33,34). The van der Waals surface area contributed by atoms with Gasteiger partial charge in [0.05, 0.1) is 12.9 Å². The van der Waals surface area contributed by atoms with Gasteiger partial charge >= 0.3 is 0 Å². The molecule has 0 atom stereocenters. The first-order valence-electron chi connectivity index (χ1n) is 13.3.